The molecule has 1 aliphatic heterocycles. The molecule has 0 radical (unpaired) electrons. The van der Waals surface area contributed by atoms with E-state index in [1.54, 1.807) is 0 Å². The molecule has 1 saturated carbocycles. The Labute approximate surface area is 128 Å². The van der Waals surface area contributed by atoms with E-state index in [-0.39, 0.29) is 0 Å². The Morgan fingerprint density at radius 2 is 1.67 bits per heavy atom. The largest absolute Gasteiger partial charge is 0.490 e. The Kier molecular flexibility index (Phi) is 5.02. The van der Waals surface area contributed by atoms with E-state index in [2.05, 4.69) is 29.2 Å². The van der Waals surface area contributed by atoms with Crippen molar-refractivity contribution in [1.29, 1.82) is 0 Å². The summed E-state index contributed by atoms with van der Waals surface area (Å²) in [5.41, 5.74) is 7.28. The van der Waals surface area contributed by atoms with E-state index in [1.165, 1.54) is 44.2 Å². The number of ether oxygens (including phenoxy) is 1. The molecule has 2 N–H and O–H groups in total. The number of hydrogen-bond acceptors (Lipinski definition) is 3. The Balaban J connectivity index is 1.62. The fraction of sp³-hybridized carbons (Fsp3) is 0.667. The van der Waals surface area contributed by atoms with Crippen LogP contribution >= 0.6 is 0 Å². The van der Waals surface area contributed by atoms with Crippen LogP contribution in [0.4, 0.5) is 5.69 Å². The molecule has 1 aromatic rings. The maximum atomic E-state index is 6.24. The van der Waals surface area contributed by atoms with E-state index < -0.39 is 0 Å². The molecule has 0 amide bonds. The lowest BCUT2D eigenvalue weighted by Crippen LogP contribution is -2.39. The first-order chi connectivity index (χ1) is 10.3. The topological polar surface area (TPSA) is 38.5 Å². The fourth-order valence-corrected chi connectivity index (χ4v) is 3.46. The van der Waals surface area contributed by atoms with Crippen molar-refractivity contribution in [2.45, 2.75) is 63.5 Å². The molecule has 3 nitrogen and oxygen atoms in total. The summed E-state index contributed by atoms with van der Waals surface area (Å²) < 4.78 is 6.24. The molecule has 2 fully saturated rings. The molecule has 1 heterocycles. The Bertz CT molecular complexity index is 433. The minimum absolute atomic E-state index is 0.381. The van der Waals surface area contributed by atoms with Crippen molar-refractivity contribution in [3.05, 3.63) is 24.3 Å². The lowest BCUT2D eigenvalue weighted by molar-refractivity contribution is 0.184. The van der Waals surface area contributed by atoms with Crippen LogP contribution in [0.5, 0.6) is 5.75 Å². The average Bonchev–Trinajstić information content (AvgIpc) is 2.77. The summed E-state index contributed by atoms with van der Waals surface area (Å²) in [4.78, 5) is 2.43. The predicted molar refractivity (Wildman–Crippen MR) is 88.0 cm³/mol. The van der Waals surface area contributed by atoms with Gasteiger partial charge in [-0.3, -0.25) is 0 Å². The van der Waals surface area contributed by atoms with Crippen molar-refractivity contribution in [3.63, 3.8) is 0 Å². The molecular formula is C18H28N2O. The minimum atomic E-state index is 0.381. The van der Waals surface area contributed by atoms with Gasteiger partial charge in [0.05, 0.1) is 6.10 Å². The summed E-state index contributed by atoms with van der Waals surface area (Å²) in [5, 5.41) is 0. The van der Waals surface area contributed by atoms with Gasteiger partial charge in [0, 0.05) is 30.9 Å². The number of piperidine rings is 1. The van der Waals surface area contributed by atoms with Crippen LogP contribution in [0.25, 0.3) is 0 Å². The quantitative estimate of drug-likeness (QED) is 0.862. The molecule has 0 atom stereocenters. The highest BCUT2D eigenvalue weighted by atomic mass is 16.5. The minimum Gasteiger partial charge on any atom is -0.490 e. The van der Waals surface area contributed by atoms with Gasteiger partial charge in [-0.2, -0.15) is 0 Å². The second-order valence-corrected chi connectivity index (χ2v) is 6.55. The number of nitrogens with two attached hydrogens (primary N) is 1. The second kappa shape index (κ2) is 7.17. The van der Waals surface area contributed by atoms with Crippen molar-refractivity contribution in [2.24, 2.45) is 5.73 Å². The van der Waals surface area contributed by atoms with Gasteiger partial charge in [0.25, 0.3) is 0 Å². The van der Waals surface area contributed by atoms with E-state index in [4.69, 9.17) is 10.5 Å². The number of rotatable bonds is 3. The van der Waals surface area contributed by atoms with E-state index in [0.717, 1.165) is 31.7 Å². The monoisotopic (exact) mass is 288 g/mol. The van der Waals surface area contributed by atoms with Crippen LogP contribution in [0, 0.1) is 0 Å². The molecule has 21 heavy (non-hydrogen) atoms. The van der Waals surface area contributed by atoms with Gasteiger partial charge in [-0.25, -0.2) is 0 Å². The van der Waals surface area contributed by atoms with Crippen LogP contribution in [0.2, 0.25) is 0 Å². The summed E-state index contributed by atoms with van der Waals surface area (Å²) in [5.74, 6) is 1.04. The van der Waals surface area contributed by atoms with Crippen molar-refractivity contribution in [2.75, 3.05) is 18.0 Å². The van der Waals surface area contributed by atoms with E-state index in [9.17, 15) is 0 Å². The molecule has 0 unspecified atom stereocenters. The predicted octanol–water partition coefficient (Wildman–Crippen LogP) is 3.72. The summed E-state index contributed by atoms with van der Waals surface area (Å²) >= 11 is 0. The highest BCUT2D eigenvalue weighted by Gasteiger charge is 2.18. The van der Waals surface area contributed by atoms with Gasteiger partial charge in [0.1, 0.15) is 5.75 Å². The van der Waals surface area contributed by atoms with Crippen LogP contribution in [0.1, 0.15) is 51.4 Å². The zero-order valence-electron chi connectivity index (χ0n) is 13.0. The second-order valence-electron chi connectivity index (χ2n) is 6.55. The van der Waals surface area contributed by atoms with Gasteiger partial charge < -0.3 is 15.4 Å². The number of anilines is 1. The highest BCUT2D eigenvalue weighted by Crippen LogP contribution is 2.27. The molecule has 3 heteroatoms. The van der Waals surface area contributed by atoms with Crippen LogP contribution < -0.4 is 15.4 Å². The van der Waals surface area contributed by atoms with Gasteiger partial charge in [0.15, 0.2) is 0 Å². The molecule has 1 aliphatic carbocycles. The van der Waals surface area contributed by atoms with Crippen LogP contribution in [0.3, 0.4) is 0 Å². The molecule has 3 rings (SSSR count). The average molecular weight is 288 g/mol. The van der Waals surface area contributed by atoms with E-state index in [0.29, 0.717) is 12.1 Å². The third kappa shape index (κ3) is 4.13. The van der Waals surface area contributed by atoms with Gasteiger partial charge in [-0.15, -0.1) is 0 Å². The van der Waals surface area contributed by atoms with Crippen molar-refractivity contribution in [1.82, 2.24) is 0 Å². The van der Waals surface area contributed by atoms with Crippen molar-refractivity contribution >= 4 is 5.69 Å². The molecule has 0 aromatic heterocycles. The Hall–Kier alpha value is -1.22. The maximum absolute atomic E-state index is 6.24. The van der Waals surface area contributed by atoms with Crippen LogP contribution in [0.15, 0.2) is 24.3 Å². The highest BCUT2D eigenvalue weighted by molar-refractivity contribution is 5.51. The Morgan fingerprint density at radius 1 is 0.952 bits per heavy atom. The van der Waals surface area contributed by atoms with Gasteiger partial charge in [-0.1, -0.05) is 18.9 Å². The van der Waals surface area contributed by atoms with Crippen LogP contribution in [-0.4, -0.2) is 25.2 Å². The Morgan fingerprint density at radius 3 is 2.38 bits per heavy atom. The lowest BCUT2D eigenvalue weighted by atomic mass is 10.1. The summed E-state index contributed by atoms with van der Waals surface area (Å²) in [7, 11) is 0. The van der Waals surface area contributed by atoms with Gasteiger partial charge in [0.2, 0.25) is 0 Å². The zero-order chi connectivity index (χ0) is 14.5. The van der Waals surface area contributed by atoms with Crippen LogP contribution in [-0.2, 0) is 0 Å². The SMILES string of the molecule is NC1CCN(c2cccc(OC3CCCCCC3)c2)CC1. The summed E-state index contributed by atoms with van der Waals surface area (Å²) in [6.45, 7) is 2.13. The molecule has 1 saturated heterocycles. The molecule has 1 aromatic carbocycles. The molecule has 2 aliphatic rings. The molecular weight excluding hydrogens is 260 g/mol. The van der Waals surface area contributed by atoms with E-state index >= 15 is 0 Å². The van der Waals surface area contributed by atoms with Crippen molar-refractivity contribution < 1.29 is 4.74 Å². The fourth-order valence-electron chi connectivity index (χ4n) is 3.46. The first kappa shape index (κ1) is 14.7. The maximum Gasteiger partial charge on any atom is 0.121 e. The first-order valence-electron chi connectivity index (χ1n) is 8.58. The standard InChI is InChI=1S/C18H28N2O/c19-15-10-12-20(13-11-15)16-6-5-9-18(14-16)21-17-7-3-1-2-4-8-17/h5-6,9,14-15,17H,1-4,7-8,10-13,19H2. The zero-order valence-corrected chi connectivity index (χ0v) is 13.0. The summed E-state index contributed by atoms with van der Waals surface area (Å²) in [6, 6.07) is 9.00. The third-order valence-corrected chi connectivity index (χ3v) is 4.83. The number of hydrogen-bond donors (Lipinski definition) is 1. The van der Waals surface area contributed by atoms with E-state index in [1.807, 2.05) is 0 Å². The van der Waals surface area contributed by atoms with Gasteiger partial charge >= 0.3 is 0 Å². The summed E-state index contributed by atoms with van der Waals surface area (Å²) in [6.07, 6.45) is 10.4. The number of benzene rings is 1. The molecule has 0 bridgehead atoms. The number of nitrogens with zero attached hydrogens (tertiary/aromatic N) is 1. The third-order valence-electron chi connectivity index (χ3n) is 4.83. The normalized spacial score (nSPS) is 22.0. The smallest absolute Gasteiger partial charge is 0.121 e. The first-order valence-corrected chi connectivity index (χ1v) is 8.58. The molecule has 0 spiro atoms. The lowest BCUT2D eigenvalue weighted by Gasteiger charge is -2.32. The molecule has 116 valence electrons. The van der Waals surface area contributed by atoms with Crippen molar-refractivity contribution in [3.8, 4) is 5.75 Å². The van der Waals surface area contributed by atoms with Gasteiger partial charge in [-0.05, 0) is 50.7 Å².